The number of carbonyl (C=O) groups excluding carboxylic acids is 2. The molecule has 0 aromatic heterocycles. The maximum absolute atomic E-state index is 14.0. The largest absolute Gasteiger partial charge is 0.377 e. The standard InChI is InChI=1S/C17H25FN2O3/c18-15(12-2-1-3-12)17(22)20-7-4-11(5-8-20)10-14-13(16(19)21)6-9-23-14/h11,13-14H,1-10H2,(H2,19,21)/t13-,14-/m1/s1. The molecule has 2 heterocycles. The van der Waals surface area contributed by atoms with Crippen LogP contribution in [0.25, 0.3) is 0 Å². The molecule has 2 amide bonds. The van der Waals surface area contributed by atoms with E-state index in [4.69, 9.17) is 10.5 Å². The van der Waals surface area contributed by atoms with Gasteiger partial charge in [0.15, 0.2) is 5.83 Å². The van der Waals surface area contributed by atoms with Crippen LogP contribution in [0.4, 0.5) is 4.39 Å². The van der Waals surface area contributed by atoms with E-state index in [0.29, 0.717) is 37.6 Å². The first-order chi connectivity index (χ1) is 11.1. The second-order valence-electron chi connectivity index (χ2n) is 6.95. The molecule has 0 unspecified atom stereocenters. The number of halogens is 1. The molecule has 6 heteroatoms. The SMILES string of the molecule is NC(=O)[C@@H]1CCO[C@@H]1CC1CCN(C(=O)C(F)=C2CCC2)CC1. The Balaban J connectivity index is 1.49. The predicted octanol–water partition coefficient (Wildman–Crippen LogP) is 1.91. The van der Waals surface area contributed by atoms with Gasteiger partial charge in [-0.1, -0.05) is 0 Å². The Morgan fingerprint density at radius 2 is 1.91 bits per heavy atom. The predicted molar refractivity (Wildman–Crippen MR) is 82.9 cm³/mol. The summed E-state index contributed by atoms with van der Waals surface area (Å²) in [7, 11) is 0. The Morgan fingerprint density at radius 1 is 1.22 bits per heavy atom. The lowest BCUT2D eigenvalue weighted by Gasteiger charge is -2.33. The van der Waals surface area contributed by atoms with Crippen molar-refractivity contribution in [2.75, 3.05) is 19.7 Å². The van der Waals surface area contributed by atoms with Gasteiger partial charge in [-0.25, -0.2) is 4.39 Å². The third-order valence-electron chi connectivity index (χ3n) is 5.50. The van der Waals surface area contributed by atoms with Gasteiger partial charge >= 0.3 is 0 Å². The number of nitrogens with zero attached hydrogens (tertiary/aromatic N) is 1. The average molecular weight is 324 g/mol. The molecule has 1 aliphatic carbocycles. The number of hydrogen-bond acceptors (Lipinski definition) is 3. The van der Waals surface area contributed by atoms with Crippen LogP contribution in [0, 0.1) is 11.8 Å². The van der Waals surface area contributed by atoms with Crippen LogP contribution in [0.5, 0.6) is 0 Å². The zero-order valence-corrected chi connectivity index (χ0v) is 13.4. The average Bonchev–Trinajstić information content (AvgIpc) is 2.94. The number of carbonyl (C=O) groups is 2. The lowest BCUT2D eigenvalue weighted by Crippen LogP contribution is -2.40. The van der Waals surface area contributed by atoms with Crippen molar-refractivity contribution in [3.8, 4) is 0 Å². The lowest BCUT2D eigenvalue weighted by atomic mass is 9.86. The van der Waals surface area contributed by atoms with Crippen molar-refractivity contribution < 1.29 is 18.7 Å². The van der Waals surface area contributed by atoms with Gasteiger partial charge < -0.3 is 15.4 Å². The van der Waals surface area contributed by atoms with Crippen molar-refractivity contribution in [3.63, 3.8) is 0 Å². The molecular formula is C17H25FN2O3. The van der Waals surface area contributed by atoms with Crippen LogP contribution in [0.15, 0.2) is 11.4 Å². The fraction of sp³-hybridized carbons (Fsp3) is 0.765. The Morgan fingerprint density at radius 3 is 2.48 bits per heavy atom. The van der Waals surface area contributed by atoms with Crippen molar-refractivity contribution in [3.05, 3.63) is 11.4 Å². The number of ether oxygens (including phenoxy) is 1. The smallest absolute Gasteiger partial charge is 0.282 e. The molecule has 5 nitrogen and oxygen atoms in total. The molecular weight excluding hydrogens is 299 g/mol. The summed E-state index contributed by atoms with van der Waals surface area (Å²) in [5, 5.41) is 0. The van der Waals surface area contributed by atoms with Crippen molar-refractivity contribution in [1.29, 1.82) is 0 Å². The van der Waals surface area contributed by atoms with Gasteiger partial charge in [-0.15, -0.1) is 0 Å². The van der Waals surface area contributed by atoms with E-state index in [1.807, 2.05) is 0 Å². The van der Waals surface area contributed by atoms with E-state index in [9.17, 15) is 14.0 Å². The van der Waals surface area contributed by atoms with Gasteiger partial charge in [0.05, 0.1) is 12.0 Å². The fourth-order valence-corrected chi connectivity index (χ4v) is 3.77. The van der Waals surface area contributed by atoms with Gasteiger partial charge in [0.2, 0.25) is 5.91 Å². The van der Waals surface area contributed by atoms with Gasteiger partial charge in [0.1, 0.15) is 0 Å². The molecule has 3 rings (SSSR count). The second-order valence-corrected chi connectivity index (χ2v) is 6.95. The third-order valence-corrected chi connectivity index (χ3v) is 5.50. The molecule has 0 radical (unpaired) electrons. The molecule has 0 aromatic carbocycles. The summed E-state index contributed by atoms with van der Waals surface area (Å²) >= 11 is 0. The lowest BCUT2D eigenvalue weighted by molar-refractivity contribution is -0.130. The van der Waals surface area contributed by atoms with E-state index in [1.165, 1.54) is 0 Å². The highest BCUT2D eigenvalue weighted by atomic mass is 19.1. The number of allylic oxidation sites excluding steroid dienone is 1. The maximum atomic E-state index is 14.0. The van der Waals surface area contributed by atoms with Gasteiger partial charge in [-0.05, 0) is 56.4 Å². The maximum Gasteiger partial charge on any atom is 0.282 e. The highest BCUT2D eigenvalue weighted by Gasteiger charge is 2.36. The molecule has 2 atom stereocenters. The Hall–Kier alpha value is -1.43. The van der Waals surface area contributed by atoms with Gasteiger partial charge in [0.25, 0.3) is 5.91 Å². The molecule has 3 fully saturated rings. The number of primary amides is 1. The van der Waals surface area contributed by atoms with Crippen molar-refractivity contribution in [1.82, 2.24) is 4.90 Å². The summed E-state index contributed by atoms with van der Waals surface area (Å²) < 4.78 is 19.7. The van der Waals surface area contributed by atoms with E-state index in [1.54, 1.807) is 4.90 Å². The van der Waals surface area contributed by atoms with Crippen molar-refractivity contribution >= 4 is 11.8 Å². The highest BCUT2D eigenvalue weighted by Crippen LogP contribution is 2.33. The van der Waals surface area contributed by atoms with Crippen LogP contribution in [0.2, 0.25) is 0 Å². The Labute approximate surface area is 136 Å². The minimum absolute atomic E-state index is 0.0893. The van der Waals surface area contributed by atoms with E-state index < -0.39 is 11.7 Å². The summed E-state index contributed by atoms with van der Waals surface area (Å²) in [5.41, 5.74) is 6.10. The molecule has 2 saturated heterocycles. The summed E-state index contributed by atoms with van der Waals surface area (Å²) in [6.45, 7) is 1.75. The number of rotatable bonds is 4. The third kappa shape index (κ3) is 3.57. The molecule has 3 aliphatic rings. The number of hydrogen-bond donors (Lipinski definition) is 1. The van der Waals surface area contributed by atoms with Crippen LogP contribution in [-0.4, -0.2) is 42.5 Å². The van der Waals surface area contributed by atoms with Crippen LogP contribution in [0.3, 0.4) is 0 Å². The molecule has 0 bridgehead atoms. The zero-order chi connectivity index (χ0) is 16.4. The van der Waals surface area contributed by atoms with Gasteiger partial charge in [-0.3, -0.25) is 9.59 Å². The number of likely N-dealkylation sites (tertiary alicyclic amines) is 1. The zero-order valence-electron chi connectivity index (χ0n) is 13.4. The molecule has 128 valence electrons. The van der Waals surface area contributed by atoms with Crippen molar-refractivity contribution in [2.45, 2.75) is 51.0 Å². The van der Waals surface area contributed by atoms with Gasteiger partial charge in [0, 0.05) is 19.7 Å². The van der Waals surface area contributed by atoms with E-state index in [2.05, 4.69) is 0 Å². The Bertz CT molecular complexity index is 506. The fourth-order valence-electron chi connectivity index (χ4n) is 3.77. The quantitative estimate of drug-likeness (QED) is 0.803. The van der Waals surface area contributed by atoms with Crippen molar-refractivity contribution in [2.24, 2.45) is 17.6 Å². The van der Waals surface area contributed by atoms with Gasteiger partial charge in [-0.2, -0.15) is 0 Å². The first-order valence-electron chi connectivity index (χ1n) is 8.64. The first-order valence-corrected chi connectivity index (χ1v) is 8.64. The summed E-state index contributed by atoms with van der Waals surface area (Å²) in [6.07, 6.45) is 5.52. The first kappa shape index (κ1) is 16.4. The second kappa shape index (κ2) is 6.99. The van der Waals surface area contributed by atoms with Crippen LogP contribution in [-0.2, 0) is 14.3 Å². The minimum atomic E-state index is -0.525. The minimum Gasteiger partial charge on any atom is -0.377 e. The number of amides is 2. The molecule has 23 heavy (non-hydrogen) atoms. The Kier molecular flexibility index (Phi) is 4.99. The molecule has 0 spiro atoms. The monoisotopic (exact) mass is 324 g/mol. The van der Waals surface area contributed by atoms with E-state index in [-0.39, 0.29) is 17.9 Å². The van der Waals surface area contributed by atoms with Crippen LogP contribution in [0.1, 0.15) is 44.9 Å². The normalized spacial score (nSPS) is 28.6. The van der Waals surface area contributed by atoms with Crippen LogP contribution >= 0.6 is 0 Å². The molecule has 0 aromatic rings. The highest BCUT2D eigenvalue weighted by molar-refractivity contribution is 5.92. The molecule has 2 aliphatic heterocycles. The number of piperidine rings is 1. The summed E-state index contributed by atoms with van der Waals surface area (Å²) in [6, 6.07) is 0. The van der Waals surface area contributed by atoms with Crippen LogP contribution < -0.4 is 5.73 Å². The summed E-state index contributed by atoms with van der Waals surface area (Å²) in [4.78, 5) is 25.2. The van der Waals surface area contributed by atoms with E-state index >= 15 is 0 Å². The molecule has 2 N–H and O–H groups in total. The topological polar surface area (TPSA) is 72.6 Å². The van der Waals surface area contributed by atoms with E-state index in [0.717, 1.165) is 38.5 Å². The molecule has 1 saturated carbocycles. The summed E-state index contributed by atoms with van der Waals surface area (Å²) in [5.74, 6) is -1.03. The number of nitrogens with two attached hydrogens (primary N) is 1.